The lowest BCUT2D eigenvalue weighted by atomic mass is 10.00. The fraction of sp³-hybridized carbons (Fsp3) is 0.846. The highest BCUT2D eigenvalue weighted by atomic mass is 16.6. The zero-order valence-electron chi connectivity index (χ0n) is 11.0. The van der Waals surface area contributed by atoms with Crippen LogP contribution < -0.4 is 0 Å². The SMILES string of the molecule is [C-]#[N+]CCC1CCCCN1C(=O)OC(C)(C)C. The maximum Gasteiger partial charge on any atom is 0.410 e. The summed E-state index contributed by atoms with van der Waals surface area (Å²) in [4.78, 5) is 17.2. The van der Waals surface area contributed by atoms with Crippen molar-refractivity contribution in [3.8, 4) is 0 Å². The highest BCUT2D eigenvalue weighted by Gasteiger charge is 2.30. The normalized spacial score (nSPS) is 20.8. The molecule has 1 rings (SSSR count). The minimum atomic E-state index is -0.446. The van der Waals surface area contributed by atoms with Gasteiger partial charge >= 0.3 is 6.09 Å². The molecule has 0 bridgehead atoms. The zero-order valence-corrected chi connectivity index (χ0v) is 11.0. The zero-order chi connectivity index (χ0) is 12.9. The first-order valence-corrected chi connectivity index (χ1v) is 6.27. The van der Waals surface area contributed by atoms with Crippen LogP contribution in [0.2, 0.25) is 0 Å². The van der Waals surface area contributed by atoms with E-state index in [1.54, 1.807) is 4.90 Å². The van der Waals surface area contributed by atoms with Gasteiger partial charge in [0.2, 0.25) is 6.54 Å². The molecule has 0 aromatic carbocycles. The van der Waals surface area contributed by atoms with Crippen LogP contribution in [-0.4, -0.2) is 35.7 Å². The van der Waals surface area contributed by atoms with Gasteiger partial charge in [-0.15, -0.1) is 0 Å². The summed E-state index contributed by atoms with van der Waals surface area (Å²) in [5, 5.41) is 0. The monoisotopic (exact) mass is 238 g/mol. The van der Waals surface area contributed by atoms with Crippen molar-refractivity contribution in [1.82, 2.24) is 4.90 Å². The molecule has 0 spiro atoms. The van der Waals surface area contributed by atoms with Crippen molar-refractivity contribution in [1.29, 1.82) is 0 Å². The first-order valence-electron chi connectivity index (χ1n) is 6.27. The number of carbonyl (C=O) groups is 1. The molecule has 0 N–H and O–H groups in total. The maximum absolute atomic E-state index is 12.0. The Morgan fingerprint density at radius 3 is 2.76 bits per heavy atom. The van der Waals surface area contributed by atoms with E-state index in [0.29, 0.717) is 6.54 Å². The van der Waals surface area contributed by atoms with Crippen molar-refractivity contribution in [3.63, 3.8) is 0 Å². The van der Waals surface area contributed by atoms with E-state index >= 15 is 0 Å². The van der Waals surface area contributed by atoms with Crippen molar-refractivity contribution in [2.75, 3.05) is 13.1 Å². The Kier molecular flexibility index (Phi) is 4.80. The van der Waals surface area contributed by atoms with Crippen molar-refractivity contribution in [3.05, 3.63) is 11.4 Å². The second-order valence-electron chi connectivity index (χ2n) is 5.49. The minimum absolute atomic E-state index is 0.188. The van der Waals surface area contributed by atoms with Gasteiger partial charge in [-0.1, -0.05) is 0 Å². The molecule has 1 heterocycles. The smallest absolute Gasteiger partial charge is 0.410 e. The van der Waals surface area contributed by atoms with Crippen LogP contribution in [-0.2, 0) is 4.74 Å². The van der Waals surface area contributed by atoms with Crippen LogP contribution in [0.4, 0.5) is 4.79 Å². The highest BCUT2D eigenvalue weighted by Crippen LogP contribution is 2.22. The van der Waals surface area contributed by atoms with E-state index in [9.17, 15) is 4.79 Å². The Morgan fingerprint density at radius 2 is 2.18 bits per heavy atom. The van der Waals surface area contributed by atoms with Gasteiger partial charge in [0.25, 0.3) is 0 Å². The van der Waals surface area contributed by atoms with E-state index in [0.717, 1.165) is 32.2 Å². The van der Waals surface area contributed by atoms with Gasteiger partial charge in [0.15, 0.2) is 0 Å². The predicted molar refractivity (Wildman–Crippen MR) is 66.7 cm³/mol. The number of ether oxygens (including phenoxy) is 1. The van der Waals surface area contributed by atoms with E-state index < -0.39 is 5.60 Å². The second-order valence-corrected chi connectivity index (χ2v) is 5.49. The number of hydrogen-bond donors (Lipinski definition) is 0. The fourth-order valence-electron chi connectivity index (χ4n) is 2.08. The van der Waals surface area contributed by atoms with Gasteiger partial charge in [-0.3, -0.25) is 0 Å². The summed E-state index contributed by atoms with van der Waals surface area (Å²) in [6.45, 7) is 13.7. The molecule has 0 radical (unpaired) electrons. The Morgan fingerprint density at radius 1 is 1.47 bits per heavy atom. The van der Waals surface area contributed by atoms with Crippen molar-refractivity contribution < 1.29 is 9.53 Å². The van der Waals surface area contributed by atoms with E-state index in [1.165, 1.54) is 0 Å². The van der Waals surface area contributed by atoms with Crippen LogP contribution in [0.5, 0.6) is 0 Å². The third-order valence-corrected chi connectivity index (χ3v) is 2.83. The average molecular weight is 238 g/mol. The molecular formula is C13H22N2O2. The Hall–Kier alpha value is -1.24. The van der Waals surface area contributed by atoms with Crippen LogP contribution in [0.15, 0.2) is 0 Å². The molecule has 0 saturated carbocycles. The first-order chi connectivity index (χ1) is 7.94. The fourth-order valence-corrected chi connectivity index (χ4v) is 2.08. The largest absolute Gasteiger partial charge is 0.444 e. The highest BCUT2D eigenvalue weighted by molar-refractivity contribution is 5.68. The summed E-state index contributed by atoms with van der Waals surface area (Å²) in [6, 6.07) is 0.188. The molecule has 1 fully saturated rings. The summed E-state index contributed by atoms with van der Waals surface area (Å²) in [5.74, 6) is 0. The molecule has 4 heteroatoms. The van der Waals surface area contributed by atoms with Crippen molar-refractivity contribution >= 4 is 6.09 Å². The molecule has 0 aliphatic carbocycles. The third-order valence-electron chi connectivity index (χ3n) is 2.83. The number of hydrogen-bond acceptors (Lipinski definition) is 2. The summed E-state index contributed by atoms with van der Waals surface area (Å²) in [6.07, 6.45) is 3.71. The Labute approximate surface area is 104 Å². The van der Waals surface area contributed by atoms with Gasteiger partial charge in [0.05, 0.1) is 0 Å². The Bertz CT molecular complexity index is 302. The van der Waals surface area contributed by atoms with Crippen LogP contribution >= 0.6 is 0 Å². The summed E-state index contributed by atoms with van der Waals surface area (Å²) < 4.78 is 5.40. The molecule has 0 aromatic rings. The van der Waals surface area contributed by atoms with Gasteiger partial charge < -0.3 is 14.5 Å². The maximum atomic E-state index is 12.0. The minimum Gasteiger partial charge on any atom is -0.444 e. The second kappa shape index (κ2) is 5.90. The first kappa shape index (κ1) is 13.8. The lowest BCUT2D eigenvalue weighted by Gasteiger charge is -2.36. The standard InChI is InChI=1S/C13H22N2O2/c1-13(2,3)17-12(16)15-10-6-5-7-11(15)8-9-14-4/h11H,5-10H2,1-3H3. The molecule has 96 valence electrons. The van der Waals surface area contributed by atoms with E-state index in [1.807, 2.05) is 20.8 Å². The predicted octanol–water partition coefficient (Wildman–Crippen LogP) is 3.09. The molecule has 1 unspecified atom stereocenters. The topological polar surface area (TPSA) is 33.9 Å². The van der Waals surface area contributed by atoms with Gasteiger partial charge in [-0.2, -0.15) is 0 Å². The number of nitrogens with zero attached hydrogens (tertiary/aromatic N) is 2. The number of carbonyl (C=O) groups excluding carboxylic acids is 1. The van der Waals surface area contributed by atoms with Crippen LogP contribution in [0, 0.1) is 6.57 Å². The van der Waals surface area contributed by atoms with Crippen molar-refractivity contribution in [2.45, 2.75) is 58.1 Å². The number of amides is 1. The lowest BCUT2D eigenvalue weighted by Crippen LogP contribution is -2.46. The third kappa shape index (κ3) is 4.64. The molecule has 1 amide bonds. The quantitative estimate of drug-likeness (QED) is 0.693. The number of piperidine rings is 1. The van der Waals surface area contributed by atoms with Gasteiger partial charge in [-0.25, -0.2) is 11.4 Å². The number of likely N-dealkylation sites (tertiary alicyclic amines) is 1. The molecule has 1 atom stereocenters. The van der Waals surface area contributed by atoms with Crippen LogP contribution in [0.3, 0.4) is 0 Å². The molecule has 4 nitrogen and oxygen atoms in total. The van der Waals surface area contributed by atoms with Gasteiger partial charge in [0, 0.05) is 19.0 Å². The van der Waals surface area contributed by atoms with Gasteiger partial charge in [0.1, 0.15) is 5.60 Å². The van der Waals surface area contributed by atoms with E-state index in [-0.39, 0.29) is 12.1 Å². The van der Waals surface area contributed by atoms with Crippen LogP contribution in [0.25, 0.3) is 4.85 Å². The number of rotatable bonds is 2. The lowest BCUT2D eigenvalue weighted by molar-refractivity contribution is 0.00938. The van der Waals surface area contributed by atoms with Gasteiger partial charge in [-0.05, 0) is 40.0 Å². The molecule has 1 aliphatic heterocycles. The molecule has 0 aromatic heterocycles. The summed E-state index contributed by atoms with van der Waals surface area (Å²) in [5.41, 5.74) is -0.446. The molecule has 1 saturated heterocycles. The molecule has 1 aliphatic rings. The summed E-state index contributed by atoms with van der Waals surface area (Å²) >= 11 is 0. The van der Waals surface area contributed by atoms with Crippen molar-refractivity contribution in [2.24, 2.45) is 0 Å². The average Bonchev–Trinajstić information content (AvgIpc) is 2.24. The molecular weight excluding hydrogens is 216 g/mol. The van der Waals surface area contributed by atoms with E-state index in [2.05, 4.69) is 4.85 Å². The molecule has 17 heavy (non-hydrogen) atoms. The Balaban J connectivity index is 2.58. The van der Waals surface area contributed by atoms with E-state index in [4.69, 9.17) is 11.3 Å². The van der Waals surface area contributed by atoms with Crippen LogP contribution in [0.1, 0.15) is 46.5 Å². The summed E-state index contributed by atoms with van der Waals surface area (Å²) in [7, 11) is 0.